The monoisotopic (exact) mass is 437 g/mol. The van der Waals surface area contributed by atoms with E-state index in [4.69, 9.17) is 10.5 Å². The summed E-state index contributed by atoms with van der Waals surface area (Å²) in [5.41, 5.74) is 9.07. The second-order valence-corrected chi connectivity index (χ2v) is 10.6. The van der Waals surface area contributed by atoms with Crippen molar-refractivity contribution in [3.8, 4) is 16.9 Å². The zero-order valence-electron chi connectivity index (χ0n) is 17.4. The lowest BCUT2D eigenvalue weighted by atomic mass is 9.99. The zero-order chi connectivity index (χ0) is 21.4. The molecule has 2 aromatic carbocycles. The summed E-state index contributed by atoms with van der Waals surface area (Å²) >= 11 is 0. The van der Waals surface area contributed by atoms with E-state index in [0.29, 0.717) is 32.5 Å². The Morgan fingerprint density at radius 1 is 1.03 bits per heavy atom. The van der Waals surface area contributed by atoms with Gasteiger partial charge >= 0.3 is 0 Å². The van der Waals surface area contributed by atoms with Gasteiger partial charge in [0, 0.05) is 37.4 Å². The van der Waals surface area contributed by atoms with Crippen LogP contribution in [-0.2, 0) is 16.6 Å². The Morgan fingerprint density at radius 3 is 2.58 bits per heavy atom. The highest BCUT2D eigenvalue weighted by atomic mass is 32.2. The number of rotatable bonds is 6. The van der Waals surface area contributed by atoms with Crippen LogP contribution < -0.4 is 10.5 Å². The lowest BCUT2D eigenvalue weighted by Crippen LogP contribution is -2.43. The van der Waals surface area contributed by atoms with E-state index in [1.807, 2.05) is 24.4 Å². The molecule has 1 aliphatic heterocycles. The molecule has 6 nitrogen and oxygen atoms in total. The van der Waals surface area contributed by atoms with Crippen LogP contribution in [0.5, 0.6) is 5.75 Å². The van der Waals surface area contributed by atoms with Crippen LogP contribution >= 0.6 is 0 Å². The largest absolute Gasteiger partial charge is 0.490 e. The fraction of sp³-hybridized carbons (Fsp3) is 0.375. The number of benzene rings is 2. The summed E-state index contributed by atoms with van der Waals surface area (Å²) in [5.74, 6) is 0.794. The Labute approximate surface area is 183 Å². The number of sulfonamides is 1. The van der Waals surface area contributed by atoms with E-state index >= 15 is 0 Å². The number of nitrogens with two attached hydrogens (primary N) is 1. The first kappa shape index (κ1) is 20.4. The molecular formula is C24H27N3O3S. The number of hydrogen-bond acceptors (Lipinski definition) is 5. The third-order valence-corrected chi connectivity index (χ3v) is 8.61. The number of aromatic nitrogens is 1. The third kappa shape index (κ3) is 4.18. The van der Waals surface area contributed by atoms with Gasteiger partial charge in [0.15, 0.2) is 0 Å². The topological polar surface area (TPSA) is 85.5 Å². The minimum Gasteiger partial charge on any atom is -0.490 e. The van der Waals surface area contributed by atoms with Crippen LogP contribution in [0.15, 0.2) is 54.9 Å². The molecule has 2 heterocycles. The van der Waals surface area contributed by atoms with Gasteiger partial charge in [0.1, 0.15) is 11.9 Å². The average Bonchev–Trinajstić information content (AvgIpc) is 3.66. The summed E-state index contributed by atoms with van der Waals surface area (Å²) in [6.45, 7) is 1.55. The molecule has 2 aliphatic rings. The Morgan fingerprint density at radius 2 is 1.84 bits per heavy atom. The summed E-state index contributed by atoms with van der Waals surface area (Å²) in [6.07, 6.45) is 6.59. The Kier molecular flexibility index (Phi) is 5.42. The molecule has 5 rings (SSSR count). The SMILES string of the molecule is NCc1cccc(-c2cc(OC3CCN(S(=O)(=O)C4CC4)CC3)c3cnccc3c2)c1. The molecule has 0 spiro atoms. The summed E-state index contributed by atoms with van der Waals surface area (Å²) in [7, 11) is -3.11. The van der Waals surface area contributed by atoms with Crippen molar-refractivity contribution >= 4 is 20.8 Å². The van der Waals surface area contributed by atoms with Gasteiger partial charge in [-0.2, -0.15) is 0 Å². The first-order valence-electron chi connectivity index (χ1n) is 10.9. The molecule has 0 unspecified atom stereocenters. The molecule has 162 valence electrons. The van der Waals surface area contributed by atoms with Gasteiger partial charge in [0.25, 0.3) is 0 Å². The van der Waals surface area contributed by atoms with Gasteiger partial charge in [0.2, 0.25) is 10.0 Å². The van der Waals surface area contributed by atoms with Crippen LogP contribution in [0.1, 0.15) is 31.2 Å². The van der Waals surface area contributed by atoms with Crippen LogP contribution in [0.2, 0.25) is 0 Å². The van der Waals surface area contributed by atoms with Crippen molar-refractivity contribution in [1.82, 2.24) is 9.29 Å². The number of piperidine rings is 1. The number of pyridine rings is 1. The number of hydrogen-bond donors (Lipinski definition) is 1. The molecule has 7 heteroatoms. The summed E-state index contributed by atoms with van der Waals surface area (Å²) in [6, 6.07) is 14.4. The summed E-state index contributed by atoms with van der Waals surface area (Å²) < 4.78 is 33.1. The van der Waals surface area contributed by atoms with Gasteiger partial charge in [-0.1, -0.05) is 18.2 Å². The lowest BCUT2D eigenvalue weighted by molar-refractivity contribution is 0.137. The van der Waals surface area contributed by atoms with Gasteiger partial charge in [-0.15, -0.1) is 0 Å². The molecule has 31 heavy (non-hydrogen) atoms. The molecule has 2 N–H and O–H groups in total. The third-order valence-electron chi connectivity index (χ3n) is 6.21. The highest BCUT2D eigenvalue weighted by Crippen LogP contribution is 2.35. The van der Waals surface area contributed by atoms with E-state index in [2.05, 4.69) is 29.2 Å². The van der Waals surface area contributed by atoms with E-state index < -0.39 is 10.0 Å². The summed E-state index contributed by atoms with van der Waals surface area (Å²) in [4.78, 5) is 4.28. The first-order valence-corrected chi connectivity index (χ1v) is 12.4. The van der Waals surface area contributed by atoms with E-state index in [1.165, 1.54) is 0 Å². The van der Waals surface area contributed by atoms with Crippen molar-refractivity contribution in [2.75, 3.05) is 13.1 Å². The fourth-order valence-electron chi connectivity index (χ4n) is 4.27. The highest BCUT2D eigenvalue weighted by molar-refractivity contribution is 7.90. The van der Waals surface area contributed by atoms with Gasteiger partial charge in [0.05, 0.1) is 5.25 Å². The van der Waals surface area contributed by atoms with Crippen molar-refractivity contribution in [1.29, 1.82) is 0 Å². The zero-order valence-corrected chi connectivity index (χ0v) is 18.2. The van der Waals surface area contributed by atoms with E-state index in [0.717, 1.165) is 46.1 Å². The fourth-order valence-corrected chi connectivity index (χ4v) is 6.14. The van der Waals surface area contributed by atoms with Gasteiger partial charge in [-0.05, 0) is 72.0 Å². The van der Waals surface area contributed by atoms with Crippen molar-refractivity contribution < 1.29 is 13.2 Å². The molecule has 0 amide bonds. The van der Waals surface area contributed by atoms with Crippen molar-refractivity contribution in [2.24, 2.45) is 5.73 Å². The number of ether oxygens (including phenoxy) is 1. The Balaban J connectivity index is 1.40. The normalized spacial score (nSPS) is 18.4. The van der Waals surface area contributed by atoms with Crippen LogP contribution in [0.25, 0.3) is 21.9 Å². The quantitative estimate of drug-likeness (QED) is 0.636. The Hall–Kier alpha value is -2.48. The molecule has 1 aliphatic carbocycles. The predicted molar refractivity (Wildman–Crippen MR) is 122 cm³/mol. The molecular weight excluding hydrogens is 410 g/mol. The molecule has 1 saturated carbocycles. The minimum atomic E-state index is -3.11. The maximum atomic E-state index is 12.5. The smallest absolute Gasteiger partial charge is 0.216 e. The minimum absolute atomic E-state index is 0.0142. The molecule has 3 aromatic rings. The molecule has 1 aromatic heterocycles. The maximum Gasteiger partial charge on any atom is 0.216 e. The van der Waals surface area contributed by atoms with Crippen LogP contribution in [0.4, 0.5) is 0 Å². The highest BCUT2D eigenvalue weighted by Gasteiger charge is 2.41. The standard InChI is InChI=1S/C24H27N3O3S/c25-15-17-2-1-3-18(12-17)20-13-19-6-9-26-16-23(19)24(14-20)30-21-7-10-27(11-8-21)31(28,29)22-4-5-22/h1-3,6,9,12-14,16,21-22H,4-5,7-8,10-11,15,25H2. The van der Waals surface area contributed by atoms with Crippen molar-refractivity contribution in [3.05, 3.63) is 60.4 Å². The molecule has 2 fully saturated rings. The van der Waals surface area contributed by atoms with E-state index in [9.17, 15) is 8.42 Å². The van der Waals surface area contributed by atoms with E-state index in [1.54, 1.807) is 10.5 Å². The average molecular weight is 438 g/mol. The van der Waals surface area contributed by atoms with Crippen LogP contribution in [0, 0.1) is 0 Å². The maximum absolute atomic E-state index is 12.5. The first-order chi connectivity index (χ1) is 15.0. The number of fused-ring (bicyclic) bond motifs is 1. The van der Waals surface area contributed by atoms with E-state index in [-0.39, 0.29) is 11.4 Å². The summed E-state index contributed by atoms with van der Waals surface area (Å²) in [5, 5.41) is 1.88. The van der Waals surface area contributed by atoms with Crippen LogP contribution in [-0.4, -0.2) is 42.2 Å². The predicted octanol–water partition coefficient (Wildman–Crippen LogP) is 3.70. The molecule has 1 saturated heterocycles. The Bertz CT molecular complexity index is 1200. The molecule has 0 radical (unpaired) electrons. The second kappa shape index (κ2) is 8.22. The molecule has 0 bridgehead atoms. The van der Waals surface area contributed by atoms with Crippen molar-refractivity contribution in [2.45, 2.75) is 43.6 Å². The number of nitrogens with zero attached hydrogens (tertiary/aromatic N) is 2. The van der Waals surface area contributed by atoms with Gasteiger partial charge < -0.3 is 10.5 Å². The van der Waals surface area contributed by atoms with Crippen LogP contribution in [0.3, 0.4) is 0 Å². The van der Waals surface area contributed by atoms with Gasteiger partial charge in [-0.25, -0.2) is 12.7 Å². The lowest BCUT2D eigenvalue weighted by Gasteiger charge is -2.31. The molecule has 0 atom stereocenters. The second-order valence-electron chi connectivity index (χ2n) is 8.44. The van der Waals surface area contributed by atoms with Crippen molar-refractivity contribution in [3.63, 3.8) is 0 Å². The van der Waals surface area contributed by atoms with Gasteiger partial charge in [-0.3, -0.25) is 4.98 Å².